The van der Waals surface area contributed by atoms with Crippen LogP contribution in [0.1, 0.15) is 33.2 Å². The molecule has 144 valence electrons. The van der Waals surface area contributed by atoms with E-state index in [4.69, 9.17) is 4.74 Å². The topological polar surface area (TPSA) is 93.2 Å². The molecule has 2 heterocycles. The van der Waals surface area contributed by atoms with Crippen LogP contribution in [0, 0.1) is 6.92 Å². The summed E-state index contributed by atoms with van der Waals surface area (Å²) in [5, 5.41) is 14.8. The Hall–Kier alpha value is -1.97. The van der Waals surface area contributed by atoms with E-state index in [2.05, 4.69) is 20.8 Å². The predicted molar refractivity (Wildman–Crippen MR) is 107 cm³/mol. The van der Waals surface area contributed by atoms with Crippen LogP contribution in [0.5, 0.6) is 0 Å². The fraction of sp³-hybridized carbons (Fsp3) is 0.444. The van der Waals surface area contributed by atoms with E-state index >= 15 is 0 Å². The Kier molecular flexibility index (Phi) is 7.19. The van der Waals surface area contributed by atoms with Crippen molar-refractivity contribution in [2.45, 2.75) is 31.6 Å². The number of nitrogens with one attached hydrogen (secondary N) is 2. The summed E-state index contributed by atoms with van der Waals surface area (Å²) in [6.45, 7) is 3.29. The highest BCUT2D eigenvalue weighted by Gasteiger charge is 2.17. The van der Waals surface area contributed by atoms with Gasteiger partial charge in [-0.1, -0.05) is 29.5 Å². The lowest BCUT2D eigenvalue weighted by Gasteiger charge is -2.10. The van der Waals surface area contributed by atoms with E-state index in [1.165, 1.54) is 23.1 Å². The molecule has 0 aliphatic carbocycles. The van der Waals surface area contributed by atoms with Gasteiger partial charge in [-0.05, 0) is 31.4 Å². The highest BCUT2D eigenvalue weighted by atomic mass is 32.2. The summed E-state index contributed by atoms with van der Waals surface area (Å²) in [5.41, 5.74) is 1.75. The van der Waals surface area contributed by atoms with Crippen LogP contribution >= 0.6 is 23.1 Å². The molecule has 0 bridgehead atoms. The second-order valence-corrected chi connectivity index (χ2v) is 8.25. The fourth-order valence-electron chi connectivity index (χ4n) is 2.61. The van der Waals surface area contributed by atoms with Crippen molar-refractivity contribution in [2.24, 2.45) is 0 Å². The largest absolute Gasteiger partial charge is 0.376 e. The average Bonchev–Trinajstić information content (AvgIpc) is 3.34. The molecule has 1 fully saturated rings. The van der Waals surface area contributed by atoms with Crippen LogP contribution in [0.2, 0.25) is 0 Å². The van der Waals surface area contributed by atoms with E-state index in [0.29, 0.717) is 23.1 Å². The monoisotopic (exact) mass is 406 g/mol. The molecule has 1 aromatic heterocycles. The van der Waals surface area contributed by atoms with Crippen LogP contribution in [0.15, 0.2) is 24.3 Å². The maximum Gasteiger partial charge on any atom is 0.286 e. The van der Waals surface area contributed by atoms with Crippen molar-refractivity contribution in [2.75, 3.05) is 24.2 Å². The number of para-hydroxylation sites is 1. The minimum Gasteiger partial charge on any atom is -0.376 e. The number of amides is 2. The Balaban J connectivity index is 1.40. The first-order valence-corrected chi connectivity index (χ1v) is 10.7. The van der Waals surface area contributed by atoms with Gasteiger partial charge in [-0.2, -0.15) is 0 Å². The van der Waals surface area contributed by atoms with Crippen molar-refractivity contribution >= 4 is 40.6 Å². The van der Waals surface area contributed by atoms with Crippen molar-refractivity contribution in [3.63, 3.8) is 0 Å². The van der Waals surface area contributed by atoms with E-state index < -0.39 is 0 Å². The number of hydrogen-bond donors (Lipinski definition) is 2. The van der Waals surface area contributed by atoms with Crippen LogP contribution < -0.4 is 10.6 Å². The Morgan fingerprint density at radius 3 is 2.96 bits per heavy atom. The number of carbonyl (C=O) groups is 2. The minimum atomic E-state index is -0.271. The zero-order chi connectivity index (χ0) is 19.1. The lowest BCUT2D eigenvalue weighted by molar-refractivity contribution is -0.119. The van der Waals surface area contributed by atoms with Crippen LogP contribution in [-0.2, 0) is 15.3 Å². The number of aromatic nitrogens is 2. The number of carbonyl (C=O) groups excluding carboxylic acids is 2. The van der Waals surface area contributed by atoms with E-state index in [-0.39, 0.29) is 17.9 Å². The first-order chi connectivity index (χ1) is 13.1. The number of ether oxygens (including phenoxy) is 1. The third-order valence-electron chi connectivity index (χ3n) is 4.06. The molecule has 9 heteroatoms. The maximum absolute atomic E-state index is 12.3. The van der Waals surface area contributed by atoms with Crippen molar-refractivity contribution in [3.05, 3.63) is 39.8 Å². The second kappa shape index (κ2) is 9.82. The van der Waals surface area contributed by atoms with Crippen molar-refractivity contribution in [3.8, 4) is 0 Å². The number of thioether (sulfide) groups is 1. The summed E-state index contributed by atoms with van der Waals surface area (Å²) in [6.07, 6.45) is 2.22. The molecule has 0 unspecified atom stereocenters. The summed E-state index contributed by atoms with van der Waals surface area (Å²) in [6, 6.07) is 7.57. The number of aryl methyl sites for hydroxylation is 1. The number of benzene rings is 1. The van der Waals surface area contributed by atoms with Gasteiger partial charge in [0.15, 0.2) is 0 Å². The molecule has 2 N–H and O–H groups in total. The number of nitrogens with zero attached hydrogens (tertiary/aromatic N) is 2. The Morgan fingerprint density at radius 2 is 2.19 bits per heavy atom. The van der Waals surface area contributed by atoms with E-state index in [1.54, 1.807) is 0 Å². The average molecular weight is 407 g/mol. The van der Waals surface area contributed by atoms with Crippen LogP contribution in [0.25, 0.3) is 0 Å². The lowest BCUT2D eigenvalue weighted by atomic mass is 10.2. The Bertz CT molecular complexity index is 790. The van der Waals surface area contributed by atoms with Crippen molar-refractivity contribution in [1.29, 1.82) is 0 Å². The smallest absolute Gasteiger partial charge is 0.286 e. The molecule has 1 aliphatic heterocycles. The van der Waals surface area contributed by atoms with Gasteiger partial charge in [0.05, 0.1) is 11.9 Å². The summed E-state index contributed by atoms with van der Waals surface area (Å²) in [7, 11) is 0. The van der Waals surface area contributed by atoms with Gasteiger partial charge >= 0.3 is 0 Å². The summed E-state index contributed by atoms with van der Waals surface area (Å²) >= 11 is 2.70. The Morgan fingerprint density at radius 1 is 1.33 bits per heavy atom. The van der Waals surface area contributed by atoms with Crippen molar-refractivity contribution in [1.82, 2.24) is 15.5 Å². The van der Waals surface area contributed by atoms with E-state index in [0.717, 1.165) is 35.7 Å². The van der Waals surface area contributed by atoms with Gasteiger partial charge < -0.3 is 15.4 Å². The highest BCUT2D eigenvalue weighted by Crippen LogP contribution is 2.19. The first kappa shape index (κ1) is 19.8. The van der Waals surface area contributed by atoms with Gasteiger partial charge in [0.1, 0.15) is 5.01 Å². The molecule has 1 aromatic carbocycles. The molecule has 3 rings (SSSR count). The molecule has 2 amide bonds. The molecular weight excluding hydrogens is 384 g/mol. The normalized spacial score (nSPS) is 16.3. The summed E-state index contributed by atoms with van der Waals surface area (Å²) in [4.78, 5) is 24.1. The quantitative estimate of drug-likeness (QED) is 0.700. The van der Waals surface area contributed by atoms with E-state index in [1.807, 2.05) is 31.2 Å². The zero-order valence-corrected chi connectivity index (χ0v) is 16.7. The minimum absolute atomic E-state index is 0.0162. The van der Waals surface area contributed by atoms with Gasteiger partial charge in [-0.3, -0.25) is 9.59 Å². The van der Waals surface area contributed by atoms with Crippen LogP contribution in [0.3, 0.4) is 0 Å². The van der Waals surface area contributed by atoms with Gasteiger partial charge in [0.2, 0.25) is 10.9 Å². The third-order valence-corrected chi connectivity index (χ3v) is 6.11. The van der Waals surface area contributed by atoms with E-state index in [9.17, 15) is 9.59 Å². The lowest BCUT2D eigenvalue weighted by Crippen LogP contribution is -2.32. The first-order valence-electron chi connectivity index (χ1n) is 8.77. The van der Waals surface area contributed by atoms with Gasteiger partial charge in [-0.15, -0.1) is 22.0 Å². The molecule has 0 saturated carbocycles. The third kappa shape index (κ3) is 6.02. The molecule has 7 nitrogen and oxygen atoms in total. The number of rotatable bonds is 8. The molecular formula is C18H22N4O3S2. The SMILES string of the molecule is Cc1ccccc1NC(=O)c1nnc(CSCC(=O)NC[C@H]2CCCO2)s1. The van der Waals surface area contributed by atoms with Gasteiger partial charge in [0.25, 0.3) is 5.91 Å². The molecule has 27 heavy (non-hydrogen) atoms. The molecule has 1 aliphatic rings. The maximum atomic E-state index is 12.3. The molecule has 2 aromatic rings. The highest BCUT2D eigenvalue weighted by molar-refractivity contribution is 7.99. The standard InChI is InChI=1S/C18H22N4O3S2/c1-12-5-2-3-7-14(12)20-17(24)18-22-21-16(27-18)11-26-10-15(23)19-9-13-6-4-8-25-13/h2-3,5,7,13H,4,6,8-11H2,1H3,(H,19,23)(H,20,24)/t13-/m1/s1. The van der Waals surface area contributed by atoms with Gasteiger partial charge in [-0.25, -0.2) is 0 Å². The van der Waals surface area contributed by atoms with Crippen LogP contribution in [-0.4, -0.2) is 47.0 Å². The summed E-state index contributed by atoms with van der Waals surface area (Å²) < 4.78 is 5.48. The summed E-state index contributed by atoms with van der Waals surface area (Å²) in [5.74, 6) is 0.601. The molecule has 0 spiro atoms. The molecule has 0 radical (unpaired) electrons. The fourth-order valence-corrected chi connectivity index (χ4v) is 4.25. The number of anilines is 1. The number of hydrogen-bond acceptors (Lipinski definition) is 7. The van der Waals surface area contributed by atoms with Crippen LogP contribution in [0.4, 0.5) is 5.69 Å². The Labute approximate surface area is 166 Å². The molecule has 1 saturated heterocycles. The second-order valence-electron chi connectivity index (χ2n) is 6.20. The zero-order valence-electron chi connectivity index (χ0n) is 15.1. The predicted octanol–water partition coefficient (Wildman–Crippen LogP) is 2.63. The van der Waals surface area contributed by atoms with Gasteiger partial charge in [0, 0.05) is 24.6 Å². The molecule has 1 atom stereocenters. The van der Waals surface area contributed by atoms with Crippen molar-refractivity contribution < 1.29 is 14.3 Å².